The highest BCUT2D eigenvalue weighted by Gasteiger charge is 2.39. The molecule has 0 aliphatic carbocycles. The molecule has 13 heteroatoms. The summed E-state index contributed by atoms with van der Waals surface area (Å²) in [6.07, 6.45) is 3.48. The van der Waals surface area contributed by atoms with Crippen LogP contribution in [-0.4, -0.2) is 52.6 Å². The van der Waals surface area contributed by atoms with Crippen LogP contribution in [-0.2, 0) is 22.3 Å². The Morgan fingerprint density at radius 3 is 2.39 bits per heavy atom. The van der Waals surface area contributed by atoms with Gasteiger partial charge in [0.05, 0.1) is 25.9 Å². The van der Waals surface area contributed by atoms with Crippen molar-refractivity contribution in [3.8, 4) is 17.4 Å². The standard InChI is InChI=1S/C22H26F3N4O3P.C3H4O2/c1-5-14-7-8-15(33-12-14)9-27-20(30)19-13(3)21(29(6-2)28-19)32-17-11-26-10-16(31-4)18(17)22(23,24)25;4-2-1-3-5/h7-8,10-12,15,33H,5-6,9H2,1-4H3,(H,27,30);2-3H,1H2. The minimum atomic E-state index is -4.73. The number of carbonyl (C=O) groups is 3. The van der Waals surface area contributed by atoms with Crippen LogP contribution in [0.25, 0.3) is 0 Å². The molecule has 2 aromatic rings. The molecule has 206 valence electrons. The molecule has 1 N–H and O–H groups in total. The van der Waals surface area contributed by atoms with Crippen molar-refractivity contribution in [3.63, 3.8) is 0 Å². The quantitative estimate of drug-likeness (QED) is 0.254. The van der Waals surface area contributed by atoms with E-state index in [0.717, 1.165) is 25.9 Å². The molecular formula is C25H30F3N4O5P. The number of pyridine rings is 1. The van der Waals surface area contributed by atoms with Crippen LogP contribution in [0.1, 0.15) is 48.3 Å². The summed E-state index contributed by atoms with van der Waals surface area (Å²) < 4.78 is 52.8. The summed E-state index contributed by atoms with van der Waals surface area (Å²) in [5.74, 6) is 0.824. The minimum Gasteiger partial charge on any atom is -0.494 e. The number of ether oxygens (including phenoxy) is 2. The van der Waals surface area contributed by atoms with Gasteiger partial charge in [-0.25, -0.2) is 4.68 Å². The Kier molecular flexibility index (Phi) is 11.6. The molecule has 2 unspecified atom stereocenters. The molecule has 0 aromatic carbocycles. The molecule has 0 bridgehead atoms. The lowest BCUT2D eigenvalue weighted by Gasteiger charge is -2.17. The van der Waals surface area contributed by atoms with E-state index in [1.54, 1.807) is 13.8 Å². The summed E-state index contributed by atoms with van der Waals surface area (Å²) in [4.78, 5) is 34.9. The van der Waals surface area contributed by atoms with Crippen molar-refractivity contribution in [1.82, 2.24) is 20.1 Å². The molecule has 0 saturated carbocycles. The molecule has 9 nitrogen and oxygen atoms in total. The van der Waals surface area contributed by atoms with Crippen molar-refractivity contribution in [2.45, 2.75) is 52.0 Å². The van der Waals surface area contributed by atoms with Crippen LogP contribution < -0.4 is 14.8 Å². The van der Waals surface area contributed by atoms with Gasteiger partial charge in [-0.3, -0.25) is 9.78 Å². The van der Waals surface area contributed by atoms with Gasteiger partial charge in [0.1, 0.15) is 18.1 Å². The average molecular weight is 555 g/mol. The van der Waals surface area contributed by atoms with E-state index in [0.29, 0.717) is 39.8 Å². The first kappa shape index (κ1) is 30.7. The predicted octanol–water partition coefficient (Wildman–Crippen LogP) is 4.84. The second kappa shape index (κ2) is 14.4. The molecule has 3 rings (SSSR count). The van der Waals surface area contributed by atoms with E-state index in [4.69, 9.17) is 9.47 Å². The summed E-state index contributed by atoms with van der Waals surface area (Å²) in [6.45, 7) is 6.16. The Balaban J connectivity index is 0.000000926. The monoisotopic (exact) mass is 554 g/mol. The molecule has 1 aliphatic heterocycles. The molecule has 2 atom stereocenters. The number of rotatable bonds is 10. The molecule has 38 heavy (non-hydrogen) atoms. The van der Waals surface area contributed by atoms with Crippen LogP contribution in [0.4, 0.5) is 13.2 Å². The van der Waals surface area contributed by atoms with Gasteiger partial charge in [0.2, 0.25) is 5.88 Å². The van der Waals surface area contributed by atoms with E-state index in [9.17, 15) is 27.6 Å². The smallest absolute Gasteiger partial charge is 0.423 e. The van der Waals surface area contributed by atoms with Gasteiger partial charge in [-0.15, -0.1) is 0 Å². The van der Waals surface area contributed by atoms with Crippen molar-refractivity contribution >= 4 is 27.1 Å². The van der Waals surface area contributed by atoms with Crippen LogP contribution >= 0.6 is 8.58 Å². The highest BCUT2D eigenvalue weighted by Crippen LogP contribution is 2.43. The first-order chi connectivity index (χ1) is 18.1. The molecule has 0 spiro atoms. The molecule has 1 amide bonds. The summed E-state index contributed by atoms with van der Waals surface area (Å²) in [5.41, 5.74) is 0.828. The highest BCUT2D eigenvalue weighted by atomic mass is 31.1. The van der Waals surface area contributed by atoms with Gasteiger partial charge < -0.3 is 24.4 Å². The minimum absolute atomic E-state index is 0.0278. The zero-order valence-electron chi connectivity index (χ0n) is 21.5. The number of aromatic nitrogens is 3. The number of carbonyl (C=O) groups excluding carboxylic acids is 3. The van der Waals surface area contributed by atoms with Crippen molar-refractivity contribution < 1.29 is 37.0 Å². The lowest BCUT2D eigenvalue weighted by atomic mass is 10.2. The maximum Gasteiger partial charge on any atom is 0.423 e. The van der Waals surface area contributed by atoms with Crippen molar-refractivity contribution in [2.24, 2.45) is 0 Å². The molecule has 3 heterocycles. The lowest BCUT2D eigenvalue weighted by molar-refractivity contribution is -0.139. The molecular weight excluding hydrogens is 524 g/mol. The Bertz CT molecular complexity index is 1190. The number of nitrogens with one attached hydrogen (secondary N) is 1. The third-order valence-corrected chi connectivity index (χ3v) is 6.70. The lowest BCUT2D eigenvalue weighted by Crippen LogP contribution is -2.30. The van der Waals surface area contributed by atoms with E-state index in [2.05, 4.69) is 40.3 Å². The van der Waals surface area contributed by atoms with Gasteiger partial charge in [0.25, 0.3) is 5.91 Å². The second-order valence-electron chi connectivity index (χ2n) is 7.89. The van der Waals surface area contributed by atoms with E-state index >= 15 is 0 Å². The number of halogens is 3. The average Bonchev–Trinajstić information content (AvgIpc) is 3.22. The molecule has 0 fully saturated rings. The number of methoxy groups -OCH3 is 1. The fourth-order valence-electron chi connectivity index (χ4n) is 3.36. The first-order valence-electron chi connectivity index (χ1n) is 11.7. The number of amides is 1. The van der Waals surface area contributed by atoms with Crippen LogP contribution in [0.5, 0.6) is 17.4 Å². The van der Waals surface area contributed by atoms with E-state index in [1.807, 2.05) is 0 Å². The number of hydrogen-bond donors (Lipinski definition) is 1. The summed E-state index contributed by atoms with van der Waals surface area (Å²) in [6, 6.07) is 0. The van der Waals surface area contributed by atoms with Gasteiger partial charge in [-0.1, -0.05) is 33.5 Å². The van der Waals surface area contributed by atoms with Gasteiger partial charge in [-0.05, 0) is 25.8 Å². The number of nitrogens with zero attached hydrogens (tertiary/aromatic N) is 3. The third kappa shape index (κ3) is 7.98. The summed E-state index contributed by atoms with van der Waals surface area (Å²) in [7, 11) is 1.70. The Morgan fingerprint density at radius 2 is 1.89 bits per heavy atom. The maximum absolute atomic E-state index is 13.7. The van der Waals surface area contributed by atoms with Crippen LogP contribution in [0.15, 0.2) is 35.9 Å². The largest absolute Gasteiger partial charge is 0.494 e. The molecule has 1 aliphatic rings. The van der Waals surface area contributed by atoms with Crippen molar-refractivity contribution in [2.75, 3.05) is 13.7 Å². The van der Waals surface area contributed by atoms with Gasteiger partial charge >= 0.3 is 6.18 Å². The zero-order valence-corrected chi connectivity index (χ0v) is 22.5. The van der Waals surface area contributed by atoms with E-state index in [-0.39, 0.29) is 23.7 Å². The number of hydrogen-bond acceptors (Lipinski definition) is 7. The second-order valence-corrected chi connectivity index (χ2v) is 9.26. The van der Waals surface area contributed by atoms with E-state index in [1.165, 1.54) is 10.3 Å². The molecule has 0 saturated heterocycles. The van der Waals surface area contributed by atoms with Crippen molar-refractivity contribution in [1.29, 1.82) is 0 Å². The topological polar surface area (TPSA) is 112 Å². The van der Waals surface area contributed by atoms with Crippen LogP contribution in [0.2, 0.25) is 0 Å². The SMILES string of the molecule is CCC1=CPC(CNC(=O)c2nn(CC)c(Oc3cncc(OC)c3C(F)(F)F)c2C)C=C1.O=CCC=O. The fourth-order valence-corrected chi connectivity index (χ4v) is 4.52. The molecule has 2 aromatic heterocycles. The summed E-state index contributed by atoms with van der Waals surface area (Å²) in [5, 5.41) is 7.14. The molecule has 0 radical (unpaired) electrons. The predicted molar refractivity (Wildman–Crippen MR) is 137 cm³/mol. The Hall–Kier alpha value is -3.53. The highest BCUT2D eigenvalue weighted by molar-refractivity contribution is 7.43. The maximum atomic E-state index is 13.7. The van der Waals surface area contributed by atoms with Crippen LogP contribution in [0.3, 0.4) is 0 Å². The van der Waals surface area contributed by atoms with Gasteiger partial charge in [0, 0.05) is 24.3 Å². The number of allylic oxidation sites excluding steroid dienone is 2. The van der Waals surface area contributed by atoms with E-state index < -0.39 is 29.1 Å². The number of alkyl halides is 3. The first-order valence-corrected chi connectivity index (χ1v) is 12.9. The van der Waals surface area contributed by atoms with Gasteiger partial charge in [-0.2, -0.15) is 18.3 Å². The van der Waals surface area contributed by atoms with Crippen molar-refractivity contribution in [3.05, 3.63) is 52.8 Å². The van der Waals surface area contributed by atoms with Crippen LogP contribution in [0, 0.1) is 6.92 Å². The number of aryl methyl sites for hydroxylation is 1. The Morgan fingerprint density at radius 1 is 1.21 bits per heavy atom. The zero-order chi connectivity index (χ0) is 28.3. The Labute approximate surface area is 220 Å². The van der Waals surface area contributed by atoms with Gasteiger partial charge in [0.15, 0.2) is 17.2 Å². The normalized spacial score (nSPS) is 15.2. The fraction of sp³-hybridized carbons (Fsp3) is 0.400. The number of aldehydes is 2. The summed E-state index contributed by atoms with van der Waals surface area (Å²) >= 11 is 0. The third-order valence-electron chi connectivity index (χ3n) is 5.34.